The van der Waals surface area contributed by atoms with Crippen molar-refractivity contribution in [1.82, 2.24) is 9.78 Å². The fourth-order valence-corrected chi connectivity index (χ4v) is 6.03. The van der Waals surface area contributed by atoms with Crippen molar-refractivity contribution in [2.24, 2.45) is 0 Å². The third-order valence-corrected chi connectivity index (χ3v) is 7.53. The molecule has 0 unspecified atom stereocenters. The number of aryl methyl sites for hydroxylation is 3. The molecule has 5 aromatic rings. The van der Waals surface area contributed by atoms with Crippen molar-refractivity contribution in [3.8, 4) is 5.69 Å². The maximum absolute atomic E-state index is 6.98. The summed E-state index contributed by atoms with van der Waals surface area (Å²) in [4.78, 5) is 0. The first-order chi connectivity index (χ1) is 18.1. The topological polar surface area (TPSA) is 30.9 Å². The molecular formula is C33H32N3O+. The number of benzene rings is 4. The molecule has 0 radical (unpaired) electrons. The Labute approximate surface area is 218 Å². The van der Waals surface area contributed by atoms with Gasteiger partial charge in [0.05, 0.1) is 0 Å². The van der Waals surface area contributed by atoms with Crippen molar-refractivity contribution in [3.05, 3.63) is 149 Å². The van der Waals surface area contributed by atoms with Gasteiger partial charge in [-0.2, -0.15) is 0 Å². The molecule has 0 fully saturated rings. The van der Waals surface area contributed by atoms with Crippen molar-refractivity contribution < 1.29 is 9.30 Å². The molecular weight excluding hydrogens is 454 g/mol. The van der Waals surface area contributed by atoms with Gasteiger partial charge in [0.25, 0.3) is 0 Å². The van der Waals surface area contributed by atoms with Gasteiger partial charge in [-0.1, -0.05) is 113 Å². The van der Waals surface area contributed by atoms with E-state index < -0.39 is 5.60 Å². The van der Waals surface area contributed by atoms with E-state index in [9.17, 15) is 0 Å². The second-order valence-electron chi connectivity index (χ2n) is 10.1. The highest BCUT2D eigenvalue weighted by atomic mass is 16.5. The van der Waals surface area contributed by atoms with Gasteiger partial charge >= 0.3 is 5.82 Å². The first kappa shape index (κ1) is 23.4. The molecule has 0 N–H and O–H groups in total. The lowest BCUT2D eigenvalue weighted by Gasteiger charge is -2.42. The van der Waals surface area contributed by atoms with Crippen LogP contribution in [0.2, 0.25) is 0 Å². The normalized spacial score (nSPS) is 16.4. The lowest BCUT2D eigenvalue weighted by Crippen LogP contribution is -2.59. The zero-order valence-corrected chi connectivity index (χ0v) is 21.6. The summed E-state index contributed by atoms with van der Waals surface area (Å²) in [7, 11) is 0. The van der Waals surface area contributed by atoms with Gasteiger partial charge in [0.2, 0.25) is 6.33 Å². The molecule has 4 aromatic carbocycles. The molecule has 0 saturated carbocycles. The minimum Gasteiger partial charge on any atom is -0.351 e. The summed E-state index contributed by atoms with van der Waals surface area (Å²) in [5.74, 6) is 0.933. The van der Waals surface area contributed by atoms with E-state index in [0.29, 0.717) is 6.61 Å². The molecule has 0 aliphatic carbocycles. The summed E-state index contributed by atoms with van der Waals surface area (Å²) in [5, 5.41) is 5.07. The van der Waals surface area contributed by atoms with Gasteiger partial charge in [0.1, 0.15) is 18.3 Å². The second-order valence-corrected chi connectivity index (χ2v) is 10.1. The third-order valence-electron chi connectivity index (χ3n) is 7.53. The standard InChI is InChI=1S/C33H32N3O/c1-24-19-25(2)32(26(3)20-24)36-23-35-30(21-27-13-7-4-8-14-27)33(37-22-31(35)34-36,28-15-9-5-10-16-28)29-17-11-6-12-18-29/h4-20,23,30H,21-22H2,1-3H3/q+1/t30-/m1/s1. The summed E-state index contributed by atoms with van der Waals surface area (Å²) in [6, 6.07) is 36.4. The molecule has 4 heteroatoms. The number of aromatic nitrogens is 3. The molecule has 1 aliphatic heterocycles. The minimum absolute atomic E-state index is 0.0386. The van der Waals surface area contributed by atoms with Gasteiger partial charge in [-0.3, -0.25) is 0 Å². The summed E-state index contributed by atoms with van der Waals surface area (Å²) in [6.07, 6.45) is 2.98. The molecule has 2 heterocycles. The van der Waals surface area contributed by atoms with Crippen molar-refractivity contribution in [2.75, 3.05) is 0 Å². The fourth-order valence-electron chi connectivity index (χ4n) is 6.03. The molecule has 0 spiro atoms. The van der Waals surface area contributed by atoms with Crippen LogP contribution in [0, 0.1) is 20.8 Å². The first-order valence-corrected chi connectivity index (χ1v) is 12.9. The first-order valence-electron chi connectivity index (χ1n) is 12.9. The highest BCUT2D eigenvalue weighted by molar-refractivity contribution is 5.48. The van der Waals surface area contributed by atoms with Crippen LogP contribution in [-0.2, 0) is 23.4 Å². The molecule has 4 nitrogen and oxygen atoms in total. The molecule has 0 amide bonds. The lowest BCUT2D eigenvalue weighted by atomic mass is 9.76. The number of hydrogen-bond acceptors (Lipinski definition) is 2. The van der Waals surface area contributed by atoms with Crippen molar-refractivity contribution in [2.45, 2.75) is 45.4 Å². The molecule has 6 rings (SSSR count). The average Bonchev–Trinajstić information content (AvgIpc) is 3.34. The number of ether oxygens (including phenoxy) is 1. The number of rotatable bonds is 5. The van der Waals surface area contributed by atoms with E-state index in [0.717, 1.165) is 29.1 Å². The van der Waals surface area contributed by atoms with E-state index >= 15 is 0 Å². The van der Waals surface area contributed by atoms with Crippen LogP contribution in [0.15, 0.2) is 109 Å². The van der Waals surface area contributed by atoms with E-state index in [4.69, 9.17) is 9.84 Å². The predicted octanol–water partition coefficient (Wildman–Crippen LogP) is 6.34. The molecule has 0 saturated heterocycles. The Hall–Kier alpha value is -4.02. The molecule has 0 bridgehead atoms. The number of hydrogen-bond donors (Lipinski definition) is 0. The van der Waals surface area contributed by atoms with Crippen LogP contribution in [0.25, 0.3) is 5.69 Å². The Bertz CT molecular complexity index is 1460. The van der Waals surface area contributed by atoms with Crippen LogP contribution in [-0.4, -0.2) is 9.78 Å². The zero-order valence-electron chi connectivity index (χ0n) is 21.6. The van der Waals surface area contributed by atoms with E-state index in [1.165, 1.54) is 22.3 Å². The van der Waals surface area contributed by atoms with Gasteiger partial charge in [0.15, 0.2) is 5.60 Å². The Balaban J connectivity index is 1.58. The summed E-state index contributed by atoms with van der Waals surface area (Å²) >= 11 is 0. The van der Waals surface area contributed by atoms with Crippen LogP contribution >= 0.6 is 0 Å². The highest BCUT2D eigenvalue weighted by Crippen LogP contribution is 2.45. The lowest BCUT2D eigenvalue weighted by molar-refractivity contribution is -0.758. The maximum atomic E-state index is 6.98. The Morgan fingerprint density at radius 3 is 1.92 bits per heavy atom. The van der Waals surface area contributed by atoms with Crippen LogP contribution in [0.1, 0.15) is 45.2 Å². The molecule has 1 atom stereocenters. The van der Waals surface area contributed by atoms with Gasteiger partial charge in [-0.05, 0) is 48.6 Å². The smallest absolute Gasteiger partial charge is 0.304 e. The molecule has 37 heavy (non-hydrogen) atoms. The van der Waals surface area contributed by atoms with Gasteiger partial charge in [0, 0.05) is 11.5 Å². The average molecular weight is 487 g/mol. The van der Waals surface area contributed by atoms with Crippen LogP contribution < -0.4 is 4.57 Å². The van der Waals surface area contributed by atoms with Gasteiger partial charge < -0.3 is 4.74 Å². The van der Waals surface area contributed by atoms with Crippen molar-refractivity contribution in [1.29, 1.82) is 0 Å². The van der Waals surface area contributed by atoms with Crippen LogP contribution in [0.4, 0.5) is 0 Å². The molecule has 184 valence electrons. The van der Waals surface area contributed by atoms with Gasteiger partial charge in [-0.25, -0.2) is 4.57 Å². The van der Waals surface area contributed by atoms with Gasteiger partial charge in [-0.15, -0.1) is 0 Å². The minimum atomic E-state index is -0.665. The van der Waals surface area contributed by atoms with E-state index in [1.807, 2.05) is 4.68 Å². The fraction of sp³-hybridized carbons (Fsp3) is 0.212. The largest absolute Gasteiger partial charge is 0.351 e. The third kappa shape index (κ3) is 4.08. The van der Waals surface area contributed by atoms with Crippen molar-refractivity contribution >= 4 is 0 Å². The number of fused-ring (bicyclic) bond motifs is 1. The summed E-state index contributed by atoms with van der Waals surface area (Å²) in [5.41, 5.74) is 7.74. The van der Waals surface area contributed by atoms with Crippen molar-refractivity contribution in [3.63, 3.8) is 0 Å². The highest BCUT2D eigenvalue weighted by Gasteiger charge is 2.51. The maximum Gasteiger partial charge on any atom is 0.304 e. The van der Waals surface area contributed by atoms with E-state index in [-0.39, 0.29) is 6.04 Å². The molecule has 1 aliphatic rings. The van der Waals surface area contributed by atoms with Crippen LogP contribution in [0.3, 0.4) is 0 Å². The number of nitrogens with zero attached hydrogens (tertiary/aromatic N) is 3. The Kier molecular flexibility index (Phi) is 5.97. The van der Waals surface area contributed by atoms with E-state index in [2.05, 4.69) is 135 Å². The second kappa shape index (κ2) is 9.45. The Morgan fingerprint density at radius 2 is 1.35 bits per heavy atom. The van der Waals surface area contributed by atoms with Crippen LogP contribution in [0.5, 0.6) is 0 Å². The monoisotopic (exact) mass is 486 g/mol. The SMILES string of the molecule is Cc1cc(C)c(-n2c[n+]3c(n2)COC(c2ccccc2)(c2ccccc2)[C@H]3Cc2ccccc2)c(C)c1. The summed E-state index contributed by atoms with van der Waals surface area (Å²) in [6.45, 7) is 6.89. The molecule has 1 aromatic heterocycles. The summed E-state index contributed by atoms with van der Waals surface area (Å²) < 4.78 is 11.4. The zero-order chi connectivity index (χ0) is 25.4. The Morgan fingerprint density at radius 1 is 0.811 bits per heavy atom. The quantitative estimate of drug-likeness (QED) is 0.271. The van der Waals surface area contributed by atoms with E-state index in [1.54, 1.807) is 0 Å². The predicted molar refractivity (Wildman–Crippen MR) is 146 cm³/mol.